The number of aromatic nitrogens is 3. The fraction of sp³-hybridized carbons (Fsp3) is 0.130. The van der Waals surface area contributed by atoms with Crippen molar-refractivity contribution in [3.05, 3.63) is 162 Å². The van der Waals surface area contributed by atoms with Crippen LogP contribution >= 0.6 is 0 Å². The van der Waals surface area contributed by atoms with E-state index >= 15 is 0 Å². The molecule has 0 radical (unpaired) electrons. The second-order valence-electron chi connectivity index (χ2n) is 14.6. The minimum atomic E-state index is -0.232. The topological polar surface area (TPSA) is 30.7 Å². The van der Waals surface area contributed by atoms with Crippen LogP contribution in [0, 0.1) is 0 Å². The molecule has 10 rings (SSSR count). The molecule has 0 spiro atoms. The molecule has 8 aromatic rings. The van der Waals surface area contributed by atoms with E-state index in [1.165, 1.54) is 55.2 Å². The molecule has 3 nitrogen and oxygen atoms in total. The van der Waals surface area contributed by atoms with E-state index in [9.17, 15) is 0 Å². The molecule has 0 atom stereocenters. The Bertz CT molecular complexity index is 2640. The van der Waals surface area contributed by atoms with Crippen molar-refractivity contribution in [2.75, 3.05) is 0 Å². The van der Waals surface area contributed by atoms with Gasteiger partial charge < -0.3 is 4.57 Å². The Hall–Kier alpha value is -5.80. The average Bonchev–Trinajstić information content (AvgIpc) is 3.69. The van der Waals surface area contributed by atoms with Crippen molar-refractivity contribution in [1.29, 1.82) is 0 Å². The van der Waals surface area contributed by atoms with Crippen molar-refractivity contribution < 1.29 is 0 Å². The van der Waals surface area contributed by atoms with E-state index in [4.69, 9.17) is 9.97 Å². The lowest BCUT2D eigenvalue weighted by Crippen LogP contribution is -2.17. The summed E-state index contributed by atoms with van der Waals surface area (Å²) in [5.41, 5.74) is 16.6. The Labute approximate surface area is 286 Å². The van der Waals surface area contributed by atoms with Gasteiger partial charge in [-0.3, -0.25) is 0 Å². The van der Waals surface area contributed by atoms with Gasteiger partial charge in [-0.1, -0.05) is 143 Å². The zero-order chi connectivity index (χ0) is 33.1. The molecule has 49 heavy (non-hydrogen) atoms. The quantitative estimate of drug-likeness (QED) is 0.195. The summed E-state index contributed by atoms with van der Waals surface area (Å²) in [5, 5.41) is 2.64. The lowest BCUT2D eigenvalue weighted by Gasteiger charge is -2.22. The average molecular weight is 630 g/mol. The first-order chi connectivity index (χ1) is 23.8. The normalized spacial score (nSPS) is 14.9. The Balaban J connectivity index is 1.18. The molecule has 0 N–H and O–H groups in total. The van der Waals surface area contributed by atoms with Gasteiger partial charge in [0.05, 0.1) is 22.4 Å². The summed E-state index contributed by atoms with van der Waals surface area (Å²) in [6, 6.07) is 50.5. The Morgan fingerprint density at radius 1 is 0.490 bits per heavy atom. The third-order valence-electron chi connectivity index (χ3n) is 11.2. The lowest BCUT2D eigenvalue weighted by molar-refractivity contribution is 0.636. The van der Waals surface area contributed by atoms with Gasteiger partial charge in [-0.15, -0.1) is 0 Å². The number of hydrogen-bond acceptors (Lipinski definition) is 2. The predicted octanol–water partition coefficient (Wildman–Crippen LogP) is 11.5. The van der Waals surface area contributed by atoms with Gasteiger partial charge >= 0.3 is 0 Å². The summed E-state index contributed by atoms with van der Waals surface area (Å²) in [7, 11) is 0. The Kier molecular flexibility index (Phi) is 5.69. The van der Waals surface area contributed by atoms with Crippen LogP contribution in [0.25, 0.3) is 72.4 Å². The van der Waals surface area contributed by atoms with Gasteiger partial charge in [0.1, 0.15) is 0 Å². The second-order valence-corrected chi connectivity index (χ2v) is 14.6. The highest BCUT2D eigenvalue weighted by Gasteiger charge is 2.40. The third-order valence-corrected chi connectivity index (χ3v) is 11.2. The van der Waals surface area contributed by atoms with E-state index in [0.29, 0.717) is 0 Å². The van der Waals surface area contributed by atoms with E-state index in [1.54, 1.807) is 0 Å². The molecule has 0 saturated heterocycles. The molecule has 0 unspecified atom stereocenters. The summed E-state index contributed by atoms with van der Waals surface area (Å²) in [6.07, 6.45) is 0. The van der Waals surface area contributed by atoms with Crippen molar-refractivity contribution in [2.45, 2.75) is 38.5 Å². The third kappa shape index (κ3) is 3.79. The van der Waals surface area contributed by atoms with Crippen LogP contribution in [-0.4, -0.2) is 14.5 Å². The maximum absolute atomic E-state index is 5.30. The highest BCUT2D eigenvalue weighted by atomic mass is 15.0. The van der Waals surface area contributed by atoms with Crippen LogP contribution in [-0.2, 0) is 10.8 Å². The lowest BCUT2D eigenvalue weighted by atomic mass is 9.80. The number of nitrogens with zero attached hydrogens (tertiary/aromatic N) is 3. The summed E-state index contributed by atoms with van der Waals surface area (Å²) in [4.78, 5) is 10.5. The number of benzene rings is 6. The van der Waals surface area contributed by atoms with Gasteiger partial charge in [0.2, 0.25) is 0 Å². The van der Waals surface area contributed by atoms with Gasteiger partial charge in [0.15, 0.2) is 5.82 Å². The monoisotopic (exact) mass is 629 g/mol. The van der Waals surface area contributed by atoms with Gasteiger partial charge in [0.25, 0.3) is 0 Å². The summed E-state index contributed by atoms with van der Waals surface area (Å²) in [6.45, 7) is 9.32. The first-order valence-electron chi connectivity index (χ1n) is 17.2. The highest BCUT2D eigenvalue weighted by molar-refractivity contribution is 6.14. The molecule has 0 aliphatic heterocycles. The first-order valence-corrected chi connectivity index (χ1v) is 17.2. The van der Waals surface area contributed by atoms with Crippen LogP contribution in [0.3, 0.4) is 0 Å². The van der Waals surface area contributed by atoms with Crippen LogP contribution < -0.4 is 0 Å². The summed E-state index contributed by atoms with van der Waals surface area (Å²) in [5.74, 6) is 0.763. The minimum Gasteiger partial charge on any atom is -0.309 e. The van der Waals surface area contributed by atoms with Crippen LogP contribution in [0.15, 0.2) is 140 Å². The van der Waals surface area contributed by atoms with Crippen molar-refractivity contribution in [3.8, 4) is 50.6 Å². The molecule has 0 fully saturated rings. The second kappa shape index (κ2) is 9.87. The molecule has 2 aliphatic rings. The number of hydrogen-bond donors (Lipinski definition) is 0. The SMILES string of the molecule is CC1(C)c2ccccc2-c2c(-c3ccc(-n4c5ccccc5c5c6c(ccc54)-c4ccccc4C6(C)C)cc3)nc(-c3ccccc3)nc21. The van der Waals surface area contributed by atoms with E-state index < -0.39 is 0 Å². The van der Waals surface area contributed by atoms with Crippen LogP contribution in [0.4, 0.5) is 0 Å². The molecule has 0 amide bonds. The molecule has 3 heteroatoms. The Morgan fingerprint density at radius 3 is 1.92 bits per heavy atom. The van der Waals surface area contributed by atoms with Gasteiger partial charge in [-0.25, -0.2) is 9.97 Å². The van der Waals surface area contributed by atoms with Crippen molar-refractivity contribution in [2.24, 2.45) is 0 Å². The summed E-state index contributed by atoms with van der Waals surface area (Å²) < 4.78 is 2.44. The molecule has 2 heterocycles. The van der Waals surface area contributed by atoms with Crippen molar-refractivity contribution in [3.63, 3.8) is 0 Å². The molecular weight excluding hydrogens is 595 g/mol. The van der Waals surface area contributed by atoms with Gasteiger partial charge in [-0.05, 0) is 57.6 Å². The van der Waals surface area contributed by atoms with E-state index in [2.05, 4.69) is 166 Å². The zero-order valence-corrected chi connectivity index (χ0v) is 28.1. The Morgan fingerprint density at radius 2 is 1.14 bits per heavy atom. The van der Waals surface area contributed by atoms with Gasteiger partial charge in [-0.2, -0.15) is 0 Å². The molecule has 2 aliphatic carbocycles. The first kappa shape index (κ1) is 28.2. The summed E-state index contributed by atoms with van der Waals surface area (Å²) >= 11 is 0. The van der Waals surface area contributed by atoms with Crippen LogP contribution in [0.5, 0.6) is 0 Å². The predicted molar refractivity (Wildman–Crippen MR) is 202 cm³/mol. The van der Waals surface area contributed by atoms with Crippen molar-refractivity contribution in [1.82, 2.24) is 14.5 Å². The molecule has 6 aromatic carbocycles. The molecule has 2 aromatic heterocycles. The largest absolute Gasteiger partial charge is 0.309 e. The number of rotatable bonds is 3. The molecular formula is C46H35N3. The van der Waals surface area contributed by atoms with E-state index in [-0.39, 0.29) is 10.8 Å². The number of para-hydroxylation sites is 1. The molecule has 234 valence electrons. The fourth-order valence-electron chi connectivity index (χ4n) is 8.85. The fourth-order valence-corrected chi connectivity index (χ4v) is 8.85. The van der Waals surface area contributed by atoms with E-state index in [1.807, 2.05) is 6.07 Å². The molecule has 0 saturated carbocycles. The highest BCUT2D eigenvalue weighted by Crippen LogP contribution is 2.54. The smallest absolute Gasteiger partial charge is 0.160 e. The standard InChI is InChI=1S/C46H35N3/c1-45(2)35-19-11-8-16-31(35)32-26-27-38-39(41(32)45)34-18-10-13-21-37(34)49(38)30-24-22-28(23-25-30)42-40-33-17-9-12-20-36(33)46(3,4)43(40)48-44(47-42)29-14-6-5-7-15-29/h5-27H,1-4H3. The maximum atomic E-state index is 5.30. The molecule has 0 bridgehead atoms. The zero-order valence-electron chi connectivity index (χ0n) is 28.1. The number of fused-ring (bicyclic) bond motifs is 10. The maximum Gasteiger partial charge on any atom is 0.160 e. The van der Waals surface area contributed by atoms with Crippen LogP contribution in [0.1, 0.15) is 50.1 Å². The van der Waals surface area contributed by atoms with Crippen molar-refractivity contribution >= 4 is 21.8 Å². The van der Waals surface area contributed by atoms with Gasteiger partial charge in [0, 0.05) is 44.0 Å². The van der Waals surface area contributed by atoms with E-state index in [0.717, 1.165) is 39.6 Å². The van der Waals surface area contributed by atoms with Crippen LogP contribution in [0.2, 0.25) is 0 Å². The minimum absolute atomic E-state index is 0.0990.